The quantitative estimate of drug-likeness (QED) is 0.846. The second-order valence-electron chi connectivity index (χ2n) is 4.95. The Bertz CT molecular complexity index is 717. The third kappa shape index (κ3) is 2.77. The zero-order chi connectivity index (χ0) is 14.7. The number of halogens is 1. The van der Waals surface area contributed by atoms with Crippen molar-refractivity contribution in [2.75, 3.05) is 18.0 Å². The van der Waals surface area contributed by atoms with Crippen molar-refractivity contribution in [3.63, 3.8) is 0 Å². The molecule has 0 radical (unpaired) electrons. The van der Waals surface area contributed by atoms with Crippen molar-refractivity contribution in [2.24, 2.45) is 0 Å². The van der Waals surface area contributed by atoms with Crippen LogP contribution in [0, 0.1) is 17.1 Å². The van der Waals surface area contributed by atoms with E-state index in [1.54, 1.807) is 18.5 Å². The SMILES string of the molecule is N#Cc1cc(F)ccc1N1CCC=C(c2ccncc2)C1. The van der Waals surface area contributed by atoms with Crippen LogP contribution in [-0.4, -0.2) is 18.1 Å². The molecule has 21 heavy (non-hydrogen) atoms. The molecule has 0 fully saturated rings. The topological polar surface area (TPSA) is 39.9 Å². The van der Waals surface area contributed by atoms with Crippen LogP contribution in [-0.2, 0) is 0 Å². The molecular formula is C17H14FN3. The van der Waals surface area contributed by atoms with Crippen molar-refractivity contribution >= 4 is 11.3 Å². The smallest absolute Gasteiger partial charge is 0.124 e. The molecule has 3 rings (SSSR count). The Hall–Kier alpha value is -2.67. The van der Waals surface area contributed by atoms with E-state index in [4.69, 9.17) is 0 Å². The van der Waals surface area contributed by atoms with E-state index >= 15 is 0 Å². The van der Waals surface area contributed by atoms with E-state index in [2.05, 4.69) is 22.0 Å². The van der Waals surface area contributed by atoms with Gasteiger partial charge in [-0.15, -0.1) is 0 Å². The highest BCUT2D eigenvalue weighted by Gasteiger charge is 2.17. The molecule has 2 aromatic rings. The third-order valence-corrected chi connectivity index (χ3v) is 3.62. The number of rotatable bonds is 2. The normalized spacial score (nSPS) is 14.5. The maximum absolute atomic E-state index is 13.3. The molecule has 4 heteroatoms. The van der Waals surface area contributed by atoms with Gasteiger partial charge in [-0.2, -0.15) is 5.26 Å². The minimum absolute atomic E-state index is 0.378. The van der Waals surface area contributed by atoms with Crippen LogP contribution in [0.4, 0.5) is 10.1 Å². The van der Waals surface area contributed by atoms with Gasteiger partial charge in [-0.25, -0.2) is 4.39 Å². The first-order valence-electron chi connectivity index (χ1n) is 6.82. The summed E-state index contributed by atoms with van der Waals surface area (Å²) in [7, 11) is 0. The Morgan fingerprint density at radius 3 is 2.76 bits per heavy atom. The van der Waals surface area contributed by atoms with Gasteiger partial charge in [0.2, 0.25) is 0 Å². The van der Waals surface area contributed by atoms with Crippen molar-refractivity contribution in [1.29, 1.82) is 5.26 Å². The summed E-state index contributed by atoms with van der Waals surface area (Å²) in [5, 5.41) is 9.19. The van der Waals surface area contributed by atoms with Crippen LogP contribution >= 0.6 is 0 Å². The van der Waals surface area contributed by atoms with Crippen LogP contribution in [0.5, 0.6) is 0 Å². The van der Waals surface area contributed by atoms with Gasteiger partial charge in [0.05, 0.1) is 11.3 Å². The number of aromatic nitrogens is 1. The Labute approximate surface area is 123 Å². The lowest BCUT2D eigenvalue weighted by molar-refractivity contribution is 0.627. The minimum atomic E-state index is -0.378. The highest BCUT2D eigenvalue weighted by Crippen LogP contribution is 2.27. The number of hydrogen-bond acceptors (Lipinski definition) is 3. The lowest BCUT2D eigenvalue weighted by Gasteiger charge is -2.30. The van der Waals surface area contributed by atoms with Crippen molar-refractivity contribution < 1.29 is 4.39 Å². The first-order chi connectivity index (χ1) is 10.3. The van der Waals surface area contributed by atoms with Crippen LogP contribution in [0.15, 0.2) is 48.8 Å². The molecule has 0 atom stereocenters. The van der Waals surface area contributed by atoms with Gasteiger partial charge in [0.15, 0.2) is 0 Å². The summed E-state index contributed by atoms with van der Waals surface area (Å²) in [5.41, 5.74) is 3.51. The number of pyridine rings is 1. The molecule has 1 aromatic carbocycles. The molecule has 0 N–H and O–H groups in total. The van der Waals surface area contributed by atoms with Crippen LogP contribution in [0.25, 0.3) is 5.57 Å². The maximum atomic E-state index is 13.3. The summed E-state index contributed by atoms with van der Waals surface area (Å²) in [6, 6.07) is 10.4. The predicted molar refractivity (Wildman–Crippen MR) is 80.2 cm³/mol. The van der Waals surface area contributed by atoms with Gasteiger partial charge >= 0.3 is 0 Å². The molecule has 0 bridgehead atoms. The Balaban J connectivity index is 1.90. The fraction of sp³-hybridized carbons (Fsp3) is 0.176. The molecule has 104 valence electrons. The number of hydrogen-bond donors (Lipinski definition) is 0. The molecule has 0 saturated carbocycles. The number of nitriles is 1. The zero-order valence-electron chi connectivity index (χ0n) is 11.5. The lowest BCUT2D eigenvalue weighted by atomic mass is 10.0. The van der Waals surface area contributed by atoms with Gasteiger partial charge in [-0.05, 0) is 47.9 Å². The van der Waals surface area contributed by atoms with E-state index in [0.29, 0.717) is 12.1 Å². The van der Waals surface area contributed by atoms with Crippen LogP contribution in [0.1, 0.15) is 17.5 Å². The van der Waals surface area contributed by atoms with E-state index < -0.39 is 0 Å². The Kier molecular flexibility index (Phi) is 3.65. The average molecular weight is 279 g/mol. The third-order valence-electron chi connectivity index (χ3n) is 3.62. The van der Waals surface area contributed by atoms with Crippen molar-refractivity contribution in [3.05, 3.63) is 65.7 Å². The van der Waals surface area contributed by atoms with Gasteiger partial charge < -0.3 is 4.90 Å². The molecular weight excluding hydrogens is 265 g/mol. The molecule has 0 saturated heterocycles. The summed E-state index contributed by atoms with van der Waals surface area (Å²) in [5.74, 6) is -0.378. The van der Waals surface area contributed by atoms with E-state index in [-0.39, 0.29) is 5.82 Å². The molecule has 1 aliphatic rings. The first kappa shape index (κ1) is 13.3. The molecule has 1 aliphatic heterocycles. The Morgan fingerprint density at radius 1 is 1.19 bits per heavy atom. The molecule has 0 aliphatic carbocycles. The van der Waals surface area contributed by atoms with Gasteiger partial charge in [-0.1, -0.05) is 6.08 Å². The highest BCUT2D eigenvalue weighted by atomic mass is 19.1. The van der Waals surface area contributed by atoms with E-state index in [9.17, 15) is 9.65 Å². The van der Waals surface area contributed by atoms with Crippen molar-refractivity contribution in [2.45, 2.75) is 6.42 Å². The van der Waals surface area contributed by atoms with Gasteiger partial charge in [0, 0.05) is 25.5 Å². The fourth-order valence-electron chi connectivity index (χ4n) is 2.60. The highest BCUT2D eigenvalue weighted by molar-refractivity contribution is 5.73. The number of anilines is 1. The van der Waals surface area contributed by atoms with E-state index in [1.165, 1.54) is 17.7 Å². The minimum Gasteiger partial charge on any atom is -0.366 e. The monoisotopic (exact) mass is 279 g/mol. The second-order valence-corrected chi connectivity index (χ2v) is 4.95. The van der Waals surface area contributed by atoms with Crippen LogP contribution in [0.2, 0.25) is 0 Å². The molecule has 2 heterocycles. The van der Waals surface area contributed by atoms with Crippen molar-refractivity contribution in [1.82, 2.24) is 4.98 Å². The summed E-state index contributed by atoms with van der Waals surface area (Å²) in [6.07, 6.45) is 6.66. The summed E-state index contributed by atoms with van der Waals surface area (Å²) in [6.45, 7) is 1.54. The van der Waals surface area contributed by atoms with Crippen LogP contribution < -0.4 is 4.90 Å². The van der Waals surface area contributed by atoms with E-state index in [0.717, 1.165) is 24.2 Å². The lowest BCUT2D eigenvalue weighted by Crippen LogP contribution is -2.30. The van der Waals surface area contributed by atoms with Gasteiger partial charge in [0.25, 0.3) is 0 Å². The standard InChI is InChI=1S/C17H14FN3/c18-16-3-4-17(15(10-16)11-19)21-9-1-2-14(12-21)13-5-7-20-8-6-13/h2-8,10H,1,9,12H2. The predicted octanol–water partition coefficient (Wildman–Crippen LogP) is 3.39. The zero-order valence-corrected chi connectivity index (χ0v) is 11.5. The molecule has 3 nitrogen and oxygen atoms in total. The van der Waals surface area contributed by atoms with E-state index in [1.807, 2.05) is 12.1 Å². The van der Waals surface area contributed by atoms with Gasteiger partial charge in [0.1, 0.15) is 11.9 Å². The molecule has 0 unspecified atom stereocenters. The fourth-order valence-corrected chi connectivity index (χ4v) is 2.60. The largest absolute Gasteiger partial charge is 0.366 e. The Morgan fingerprint density at radius 2 is 2.00 bits per heavy atom. The molecule has 0 spiro atoms. The number of nitrogens with zero attached hydrogens (tertiary/aromatic N) is 3. The summed E-state index contributed by atoms with van der Waals surface area (Å²) < 4.78 is 13.3. The molecule has 1 aromatic heterocycles. The summed E-state index contributed by atoms with van der Waals surface area (Å²) >= 11 is 0. The van der Waals surface area contributed by atoms with Gasteiger partial charge in [-0.3, -0.25) is 4.98 Å². The molecule has 0 amide bonds. The van der Waals surface area contributed by atoms with Crippen LogP contribution in [0.3, 0.4) is 0 Å². The summed E-state index contributed by atoms with van der Waals surface area (Å²) in [4.78, 5) is 6.15. The van der Waals surface area contributed by atoms with Crippen molar-refractivity contribution in [3.8, 4) is 6.07 Å². The maximum Gasteiger partial charge on any atom is 0.124 e. The number of benzene rings is 1. The first-order valence-corrected chi connectivity index (χ1v) is 6.82. The average Bonchev–Trinajstić information content (AvgIpc) is 2.55. The second kappa shape index (κ2) is 5.76.